The zero-order chi connectivity index (χ0) is 14.0. The lowest BCUT2D eigenvalue weighted by Gasteiger charge is -2.32. The average Bonchev–Trinajstić information content (AvgIpc) is 2.71. The molecule has 6 nitrogen and oxygen atoms in total. The second-order valence-corrected chi connectivity index (χ2v) is 7.90. The molecule has 7 heteroatoms. The predicted molar refractivity (Wildman–Crippen MR) is 73.5 cm³/mol. The first-order valence-corrected chi connectivity index (χ1v) is 8.63. The van der Waals surface area contributed by atoms with Crippen LogP contribution in [0.1, 0.15) is 19.3 Å². The fraction of sp³-hybridized carbons (Fsp3) is 0.917. The van der Waals surface area contributed by atoms with Crippen LogP contribution in [0.5, 0.6) is 0 Å². The Hall–Kier alpha value is -0.660. The van der Waals surface area contributed by atoms with Crippen molar-refractivity contribution in [3.8, 4) is 0 Å². The molecule has 2 aliphatic heterocycles. The van der Waals surface area contributed by atoms with Crippen LogP contribution in [-0.2, 0) is 14.6 Å². The van der Waals surface area contributed by atoms with Gasteiger partial charge in [0, 0.05) is 32.2 Å². The maximum Gasteiger partial charge on any atom is 0.236 e. The van der Waals surface area contributed by atoms with E-state index in [9.17, 15) is 13.2 Å². The van der Waals surface area contributed by atoms with E-state index >= 15 is 0 Å². The molecule has 1 unspecified atom stereocenters. The first kappa shape index (κ1) is 14.7. The molecule has 0 bridgehead atoms. The standard InChI is InChI=1S/C12H23N3O3S/c1-14(11-4-7-19(17,18)9-11)12(16)8-15-5-2-10(13)3-6-15/h10-11H,2-9,13H2,1H3. The van der Waals surface area contributed by atoms with Crippen LogP contribution in [0.15, 0.2) is 0 Å². The van der Waals surface area contributed by atoms with Crippen molar-refractivity contribution in [2.45, 2.75) is 31.3 Å². The van der Waals surface area contributed by atoms with Crippen LogP contribution in [0, 0.1) is 0 Å². The third-order valence-electron chi connectivity index (χ3n) is 4.14. The molecular weight excluding hydrogens is 266 g/mol. The number of likely N-dealkylation sites (tertiary alicyclic amines) is 1. The van der Waals surface area contributed by atoms with Gasteiger partial charge in [-0.1, -0.05) is 0 Å². The first-order chi connectivity index (χ1) is 8.87. The lowest BCUT2D eigenvalue weighted by atomic mass is 10.1. The quantitative estimate of drug-likeness (QED) is 0.724. The highest BCUT2D eigenvalue weighted by molar-refractivity contribution is 7.91. The summed E-state index contributed by atoms with van der Waals surface area (Å²) < 4.78 is 22.9. The van der Waals surface area contributed by atoms with Crippen molar-refractivity contribution in [2.24, 2.45) is 5.73 Å². The van der Waals surface area contributed by atoms with Crippen LogP contribution in [0.25, 0.3) is 0 Å². The van der Waals surface area contributed by atoms with Crippen LogP contribution >= 0.6 is 0 Å². The Labute approximate surface area is 114 Å². The molecule has 2 heterocycles. The minimum absolute atomic E-state index is 0.0116. The van der Waals surface area contributed by atoms with Gasteiger partial charge in [-0.15, -0.1) is 0 Å². The number of likely N-dealkylation sites (N-methyl/N-ethyl adjacent to an activating group) is 1. The van der Waals surface area contributed by atoms with Crippen LogP contribution < -0.4 is 5.73 Å². The molecule has 2 N–H and O–H groups in total. The molecule has 0 spiro atoms. The summed E-state index contributed by atoms with van der Waals surface area (Å²) >= 11 is 0. The number of rotatable bonds is 3. The summed E-state index contributed by atoms with van der Waals surface area (Å²) in [6, 6.07) is 0.105. The number of carbonyl (C=O) groups is 1. The van der Waals surface area contributed by atoms with Gasteiger partial charge in [-0.3, -0.25) is 9.69 Å². The number of nitrogens with two attached hydrogens (primary N) is 1. The molecule has 0 aromatic rings. The van der Waals surface area contributed by atoms with E-state index in [0.717, 1.165) is 25.9 Å². The minimum Gasteiger partial charge on any atom is -0.341 e. The van der Waals surface area contributed by atoms with Crippen molar-refractivity contribution >= 4 is 15.7 Å². The highest BCUT2D eigenvalue weighted by Crippen LogP contribution is 2.17. The Morgan fingerprint density at radius 1 is 1.32 bits per heavy atom. The normalized spacial score (nSPS) is 28.4. The van der Waals surface area contributed by atoms with Gasteiger partial charge in [0.2, 0.25) is 5.91 Å². The molecule has 0 radical (unpaired) electrons. The van der Waals surface area contributed by atoms with E-state index in [1.165, 1.54) is 0 Å². The largest absolute Gasteiger partial charge is 0.341 e. The molecule has 2 aliphatic rings. The molecular formula is C12H23N3O3S. The number of amides is 1. The molecule has 110 valence electrons. The van der Waals surface area contributed by atoms with E-state index in [-0.39, 0.29) is 29.5 Å². The van der Waals surface area contributed by atoms with Gasteiger partial charge < -0.3 is 10.6 Å². The molecule has 0 saturated carbocycles. The zero-order valence-electron chi connectivity index (χ0n) is 11.4. The summed E-state index contributed by atoms with van der Waals surface area (Å²) in [6.07, 6.45) is 2.42. The van der Waals surface area contributed by atoms with E-state index in [2.05, 4.69) is 4.90 Å². The van der Waals surface area contributed by atoms with Gasteiger partial charge in [-0.2, -0.15) is 0 Å². The van der Waals surface area contributed by atoms with Gasteiger partial charge >= 0.3 is 0 Å². The van der Waals surface area contributed by atoms with Crippen molar-refractivity contribution in [3.05, 3.63) is 0 Å². The molecule has 0 aliphatic carbocycles. The number of sulfone groups is 1. The number of carbonyl (C=O) groups excluding carboxylic acids is 1. The van der Waals surface area contributed by atoms with E-state index in [1.807, 2.05) is 0 Å². The van der Waals surface area contributed by atoms with E-state index in [1.54, 1.807) is 11.9 Å². The fourth-order valence-corrected chi connectivity index (χ4v) is 4.47. The lowest BCUT2D eigenvalue weighted by Crippen LogP contribution is -2.47. The van der Waals surface area contributed by atoms with Gasteiger partial charge in [0.25, 0.3) is 0 Å². The second kappa shape index (κ2) is 5.76. The third-order valence-corrected chi connectivity index (χ3v) is 5.89. The van der Waals surface area contributed by atoms with Crippen molar-refractivity contribution in [1.29, 1.82) is 0 Å². The van der Waals surface area contributed by atoms with Crippen molar-refractivity contribution in [3.63, 3.8) is 0 Å². The monoisotopic (exact) mass is 289 g/mol. The van der Waals surface area contributed by atoms with Gasteiger partial charge in [-0.05, 0) is 19.3 Å². The molecule has 2 fully saturated rings. The third kappa shape index (κ3) is 3.90. The first-order valence-electron chi connectivity index (χ1n) is 6.81. The fourth-order valence-electron chi connectivity index (χ4n) is 2.70. The maximum absolute atomic E-state index is 12.1. The lowest BCUT2D eigenvalue weighted by molar-refractivity contribution is -0.133. The Bertz CT molecular complexity index is 430. The van der Waals surface area contributed by atoms with Crippen LogP contribution in [0.4, 0.5) is 0 Å². The van der Waals surface area contributed by atoms with Gasteiger partial charge in [0.05, 0.1) is 18.1 Å². The SMILES string of the molecule is CN(C(=O)CN1CCC(N)CC1)C1CCS(=O)(=O)C1. The zero-order valence-corrected chi connectivity index (χ0v) is 12.2. The van der Waals surface area contributed by atoms with E-state index in [0.29, 0.717) is 13.0 Å². The van der Waals surface area contributed by atoms with Crippen molar-refractivity contribution < 1.29 is 13.2 Å². The minimum atomic E-state index is -2.94. The Morgan fingerprint density at radius 2 is 1.95 bits per heavy atom. The van der Waals surface area contributed by atoms with Crippen LogP contribution in [0.2, 0.25) is 0 Å². The summed E-state index contributed by atoms with van der Waals surface area (Å²) in [7, 11) is -1.23. The Balaban J connectivity index is 1.83. The van der Waals surface area contributed by atoms with Crippen LogP contribution in [0.3, 0.4) is 0 Å². The second-order valence-electron chi connectivity index (χ2n) is 5.68. The van der Waals surface area contributed by atoms with Gasteiger partial charge in [0.15, 0.2) is 9.84 Å². The smallest absolute Gasteiger partial charge is 0.236 e. The van der Waals surface area contributed by atoms with E-state index < -0.39 is 9.84 Å². The predicted octanol–water partition coefficient (Wildman–Crippen LogP) is -0.945. The molecule has 1 amide bonds. The molecule has 0 aromatic heterocycles. The molecule has 0 aromatic carbocycles. The highest BCUT2D eigenvalue weighted by Gasteiger charge is 2.33. The van der Waals surface area contributed by atoms with E-state index in [4.69, 9.17) is 5.73 Å². The van der Waals surface area contributed by atoms with Crippen molar-refractivity contribution in [1.82, 2.24) is 9.80 Å². The summed E-state index contributed by atoms with van der Waals surface area (Å²) in [5, 5.41) is 0. The summed E-state index contributed by atoms with van der Waals surface area (Å²) in [6.45, 7) is 2.08. The Morgan fingerprint density at radius 3 is 2.47 bits per heavy atom. The van der Waals surface area contributed by atoms with Crippen LogP contribution in [-0.4, -0.2) is 74.4 Å². The summed E-state index contributed by atoms with van der Waals surface area (Å²) in [5.41, 5.74) is 5.83. The number of hydrogen-bond donors (Lipinski definition) is 1. The molecule has 2 saturated heterocycles. The van der Waals surface area contributed by atoms with Gasteiger partial charge in [0.1, 0.15) is 0 Å². The number of nitrogens with zero attached hydrogens (tertiary/aromatic N) is 2. The number of piperidine rings is 1. The average molecular weight is 289 g/mol. The topological polar surface area (TPSA) is 83.7 Å². The number of hydrogen-bond acceptors (Lipinski definition) is 5. The highest BCUT2D eigenvalue weighted by atomic mass is 32.2. The molecule has 2 rings (SSSR count). The Kier molecular flexibility index (Phi) is 4.47. The summed E-state index contributed by atoms with van der Waals surface area (Å²) in [5.74, 6) is 0.325. The summed E-state index contributed by atoms with van der Waals surface area (Å²) in [4.78, 5) is 15.9. The molecule has 1 atom stereocenters. The molecule has 19 heavy (non-hydrogen) atoms. The maximum atomic E-state index is 12.1. The van der Waals surface area contributed by atoms with Crippen molar-refractivity contribution in [2.75, 3.05) is 38.2 Å². The van der Waals surface area contributed by atoms with Gasteiger partial charge in [-0.25, -0.2) is 8.42 Å².